The van der Waals surface area contributed by atoms with E-state index in [1.165, 1.54) is 5.56 Å². The van der Waals surface area contributed by atoms with Crippen LogP contribution < -0.4 is 10.6 Å². The lowest BCUT2D eigenvalue weighted by molar-refractivity contribution is 0.782. The van der Waals surface area contributed by atoms with Crippen molar-refractivity contribution in [3.05, 3.63) is 46.6 Å². The second-order valence-electron chi connectivity index (χ2n) is 5.05. The van der Waals surface area contributed by atoms with E-state index in [2.05, 4.69) is 74.6 Å². The monoisotopic (exact) mass is 348 g/mol. The molecule has 2 N–H and O–H groups in total. The predicted octanol–water partition coefficient (Wildman–Crippen LogP) is 4.10. The summed E-state index contributed by atoms with van der Waals surface area (Å²) in [7, 11) is 0. The number of nitrogens with zero attached hydrogens (tertiary/aromatic N) is 2. The van der Waals surface area contributed by atoms with Crippen molar-refractivity contribution in [2.24, 2.45) is 0 Å². The van der Waals surface area contributed by atoms with Crippen LogP contribution in [0.3, 0.4) is 0 Å². The third kappa shape index (κ3) is 5.01. The summed E-state index contributed by atoms with van der Waals surface area (Å²) < 4.78 is 0.879. The second kappa shape index (κ2) is 7.98. The molecule has 0 bridgehead atoms. The van der Waals surface area contributed by atoms with E-state index >= 15 is 0 Å². The molecule has 0 aliphatic heterocycles. The average Bonchev–Trinajstić information content (AvgIpc) is 2.49. The molecule has 0 fully saturated rings. The van der Waals surface area contributed by atoms with E-state index in [4.69, 9.17) is 0 Å². The van der Waals surface area contributed by atoms with E-state index in [1.807, 2.05) is 6.07 Å². The second-order valence-corrected chi connectivity index (χ2v) is 5.91. The maximum Gasteiger partial charge on any atom is 0.224 e. The van der Waals surface area contributed by atoms with E-state index in [9.17, 15) is 0 Å². The summed E-state index contributed by atoms with van der Waals surface area (Å²) in [6.07, 6.45) is 3.78. The van der Waals surface area contributed by atoms with Crippen molar-refractivity contribution in [3.8, 4) is 0 Å². The van der Waals surface area contributed by atoms with E-state index in [0.29, 0.717) is 5.95 Å². The minimum Gasteiger partial charge on any atom is -0.366 e. The lowest BCUT2D eigenvalue weighted by Gasteiger charge is -2.16. The lowest BCUT2D eigenvalue weighted by atomic mass is 10.1. The van der Waals surface area contributed by atoms with E-state index in [-0.39, 0.29) is 6.04 Å². The average molecular weight is 349 g/mol. The highest BCUT2D eigenvalue weighted by atomic mass is 79.9. The van der Waals surface area contributed by atoms with Crippen molar-refractivity contribution >= 4 is 27.7 Å². The number of hydrogen-bond donors (Lipinski definition) is 2. The number of benzene rings is 1. The zero-order valence-corrected chi connectivity index (χ0v) is 14.0. The summed E-state index contributed by atoms with van der Waals surface area (Å²) in [5.74, 6) is 1.49. The van der Waals surface area contributed by atoms with Crippen LogP contribution in [-0.2, 0) is 6.42 Å². The highest BCUT2D eigenvalue weighted by Crippen LogP contribution is 2.21. The van der Waals surface area contributed by atoms with Crippen LogP contribution >= 0.6 is 15.9 Å². The number of hydrogen-bond acceptors (Lipinski definition) is 4. The molecule has 2 rings (SSSR count). The number of rotatable bonds is 7. The molecular weight excluding hydrogens is 328 g/mol. The van der Waals surface area contributed by atoms with Gasteiger partial charge in [0.2, 0.25) is 5.95 Å². The normalized spacial score (nSPS) is 12.0. The molecule has 0 aliphatic rings. The van der Waals surface area contributed by atoms with Crippen molar-refractivity contribution in [1.29, 1.82) is 0 Å². The topological polar surface area (TPSA) is 49.8 Å². The van der Waals surface area contributed by atoms with Gasteiger partial charge >= 0.3 is 0 Å². The summed E-state index contributed by atoms with van der Waals surface area (Å²) in [6, 6.07) is 10.7. The maximum absolute atomic E-state index is 4.51. The summed E-state index contributed by atoms with van der Waals surface area (Å²) in [5, 5.41) is 6.64. The maximum atomic E-state index is 4.51. The van der Waals surface area contributed by atoms with Crippen LogP contribution in [0.2, 0.25) is 0 Å². The molecule has 21 heavy (non-hydrogen) atoms. The van der Waals surface area contributed by atoms with Crippen LogP contribution in [-0.4, -0.2) is 22.6 Å². The molecule has 0 spiro atoms. The van der Waals surface area contributed by atoms with Gasteiger partial charge in [-0.1, -0.05) is 37.3 Å². The van der Waals surface area contributed by atoms with Gasteiger partial charge in [-0.2, -0.15) is 4.98 Å². The summed E-state index contributed by atoms with van der Waals surface area (Å²) in [4.78, 5) is 8.77. The van der Waals surface area contributed by atoms with Crippen molar-refractivity contribution in [1.82, 2.24) is 9.97 Å². The molecule has 0 saturated heterocycles. The van der Waals surface area contributed by atoms with Gasteiger partial charge in [-0.15, -0.1) is 0 Å². The molecule has 1 aromatic heterocycles. The predicted molar refractivity (Wildman–Crippen MR) is 91.7 cm³/mol. The highest BCUT2D eigenvalue weighted by Gasteiger charge is 2.09. The van der Waals surface area contributed by atoms with Gasteiger partial charge in [0.1, 0.15) is 5.82 Å². The number of aromatic nitrogens is 2. The molecule has 0 saturated carbocycles. The Hall–Kier alpha value is -1.62. The summed E-state index contributed by atoms with van der Waals surface area (Å²) >= 11 is 3.50. The third-order valence-corrected chi connectivity index (χ3v) is 3.63. The summed E-state index contributed by atoms with van der Waals surface area (Å²) in [5.41, 5.74) is 1.31. The lowest BCUT2D eigenvalue weighted by Crippen LogP contribution is -2.19. The van der Waals surface area contributed by atoms with Gasteiger partial charge in [-0.3, -0.25) is 0 Å². The standard InChI is InChI=1S/C16H21BrN4/c1-3-9-18-16-19-11-14(17)15(21-16)20-12(2)10-13-7-5-4-6-8-13/h4-8,11-12H,3,9-10H2,1-2H3,(H2,18,19,20,21). The number of halogens is 1. The Labute approximate surface area is 134 Å². The number of anilines is 2. The Balaban J connectivity index is 2.00. The van der Waals surface area contributed by atoms with Crippen LogP contribution in [0.15, 0.2) is 41.0 Å². The van der Waals surface area contributed by atoms with Crippen molar-refractivity contribution in [2.75, 3.05) is 17.2 Å². The Morgan fingerprint density at radius 3 is 2.71 bits per heavy atom. The van der Waals surface area contributed by atoms with Crippen LogP contribution in [0.5, 0.6) is 0 Å². The van der Waals surface area contributed by atoms with Gasteiger partial charge in [-0.25, -0.2) is 4.98 Å². The molecule has 1 heterocycles. The van der Waals surface area contributed by atoms with Gasteiger partial charge in [-0.05, 0) is 41.3 Å². The fourth-order valence-electron chi connectivity index (χ4n) is 2.04. The summed E-state index contributed by atoms with van der Waals surface area (Å²) in [6.45, 7) is 5.15. The van der Waals surface area contributed by atoms with E-state index < -0.39 is 0 Å². The van der Waals surface area contributed by atoms with Gasteiger partial charge in [0, 0.05) is 18.8 Å². The molecule has 4 nitrogen and oxygen atoms in total. The fraction of sp³-hybridized carbons (Fsp3) is 0.375. The first-order chi connectivity index (χ1) is 10.2. The molecule has 5 heteroatoms. The van der Waals surface area contributed by atoms with E-state index in [0.717, 1.165) is 29.7 Å². The fourth-order valence-corrected chi connectivity index (χ4v) is 2.35. The molecular formula is C16H21BrN4. The Morgan fingerprint density at radius 1 is 1.24 bits per heavy atom. The van der Waals surface area contributed by atoms with Gasteiger partial charge in [0.15, 0.2) is 0 Å². The SMILES string of the molecule is CCCNc1ncc(Br)c(NC(C)Cc2ccccc2)n1. The molecule has 2 aromatic rings. The first-order valence-electron chi connectivity index (χ1n) is 7.26. The zero-order chi connectivity index (χ0) is 15.1. The van der Waals surface area contributed by atoms with Crippen molar-refractivity contribution in [2.45, 2.75) is 32.7 Å². The molecule has 0 aliphatic carbocycles. The Morgan fingerprint density at radius 2 is 2.00 bits per heavy atom. The van der Waals surface area contributed by atoms with Crippen molar-refractivity contribution < 1.29 is 0 Å². The van der Waals surface area contributed by atoms with Gasteiger partial charge < -0.3 is 10.6 Å². The molecule has 1 unspecified atom stereocenters. The minimum absolute atomic E-state index is 0.289. The van der Waals surface area contributed by atoms with E-state index in [1.54, 1.807) is 6.20 Å². The Kier molecular flexibility index (Phi) is 5.99. The number of nitrogens with one attached hydrogen (secondary N) is 2. The molecule has 1 aromatic carbocycles. The van der Waals surface area contributed by atoms with Gasteiger partial charge in [0.05, 0.1) is 4.47 Å². The van der Waals surface area contributed by atoms with Crippen LogP contribution in [0, 0.1) is 0 Å². The highest BCUT2D eigenvalue weighted by molar-refractivity contribution is 9.10. The largest absolute Gasteiger partial charge is 0.366 e. The molecule has 0 amide bonds. The van der Waals surface area contributed by atoms with Crippen LogP contribution in [0.1, 0.15) is 25.8 Å². The van der Waals surface area contributed by atoms with Crippen molar-refractivity contribution in [3.63, 3.8) is 0 Å². The van der Waals surface area contributed by atoms with Gasteiger partial charge in [0.25, 0.3) is 0 Å². The quantitative estimate of drug-likeness (QED) is 0.790. The van der Waals surface area contributed by atoms with Crippen LogP contribution in [0.25, 0.3) is 0 Å². The molecule has 112 valence electrons. The zero-order valence-electron chi connectivity index (χ0n) is 12.4. The molecule has 0 radical (unpaired) electrons. The first-order valence-corrected chi connectivity index (χ1v) is 8.05. The molecule has 1 atom stereocenters. The smallest absolute Gasteiger partial charge is 0.224 e. The minimum atomic E-state index is 0.289. The third-order valence-electron chi connectivity index (χ3n) is 3.05. The Bertz CT molecular complexity index is 559. The first kappa shape index (κ1) is 15.8. The van der Waals surface area contributed by atoms with Crippen LogP contribution in [0.4, 0.5) is 11.8 Å².